The number of carbonyl (C=O) groups excluding carboxylic acids is 1. The second kappa shape index (κ2) is 8.14. The Kier molecular flexibility index (Phi) is 5.43. The first-order chi connectivity index (χ1) is 13.7. The van der Waals surface area contributed by atoms with Gasteiger partial charge in [0.05, 0.1) is 31.5 Å². The van der Waals surface area contributed by atoms with Gasteiger partial charge < -0.3 is 19.7 Å². The van der Waals surface area contributed by atoms with E-state index in [4.69, 9.17) is 14.5 Å². The van der Waals surface area contributed by atoms with Gasteiger partial charge in [-0.2, -0.15) is 0 Å². The van der Waals surface area contributed by atoms with E-state index in [-0.39, 0.29) is 11.9 Å². The highest BCUT2D eigenvalue weighted by molar-refractivity contribution is 5.97. The minimum Gasteiger partial charge on any atom is -0.497 e. The van der Waals surface area contributed by atoms with Gasteiger partial charge in [-0.25, -0.2) is 9.97 Å². The van der Waals surface area contributed by atoms with Crippen molar-refractivity contribution in [2.75, 3.05) is 27.3 Å². The number of hydrogen-bond donors (Lipinski definition) is 1. The maximum Gasteiger partial charge on any atom is 0.257 e. The molecule has 0 unspecified atom stereocenters. The lowest BCUT2D eigenvalue weighted by Crippen LogP contribution is -2.37. The maximum absolute atomic E-state index is 13.1. The molecular weight excluding hydrogens is 356 g/mol. The third-order valence-corrected chi connectivity index (χ3v) is 5.50. The van der Waals surface area contributed by atoms with E-state index in [0.29, 0.717) is 30.2 Å². The summed E-state index contributed by atoms with van der Waals surface area (Å²) in [6.07, 6.45) is 6.14. The molecule has 1 fully saturated rings. The van der Waals surface area contributed by atoms with Crippen molar-refractivity contribution in [3.63, 3.8) is 0 Å². The number of amides is 1. The highest BCUT2D eigenvalue weighted by Gasteiger charge is 2.26. The number of nitrogens with zero attached hydrogens (tertiary/aromatic N) is 3. The molecule has 0 radical (unpaired) electrons. The summed E-state index contributed by atoms with van der Waals surface area (Å²) in [5, 5.41) is 3.50. The summed E-state index contributed by atoms with van der Waals surface area (Å²) in [5.41, 5.74) is 2.62. The van der Waals surface area contributed by atoms with Crippen LogP contribution < -0.4 is 14.8 Å². The molecule has 1 atom stereocenters. The van der Waals surface area contributed by atoms with E-state index in [9.17, 15) is 4.79 Å². The van der Waals surface area contributed by atoms with Crippen molar-refractivity contribution < 1.29 is 14.3 Å². The van der Waals surface area contributed by atoms with Crippen LogP contribution in [0.3, 0.4) is 0 Å². The molecule has 0 aliphatic carbocycles. The van der Waals surface area contributed by atoms with Crippen molar-refractivity contribution in [1.29, 1.82) is 0 Å². The number of nitrogens with one attached hydrogen (secondary N) is 1. The summed E-state index contributed by atoms with van der Waals surface area (Å²) in [5.74, 6) is 2.01. The van der Waals surface area contributed by atoms with E-state index in [1.807, 2.05) is 11.1 Å². The monoisotopic (exact) mass is 382 g/mol. The van der Waals surface area contributed by atoms with Crippen LogP contribution in [0.25, 0.3) is 0 Å². The van der Waals surface area contributed by atoms with Crippen molar-refractivity contribution in [3.05, 3.63) is 47.0 Å². The molecule has 2 aromatic rings. The average molecular weight is 382 g/mol. The summed E-state index contributed by atoms with van der Waals surface area (Å²) in [6.45, 7) is 2.17. The molecule has 7 nitrogen and oxygen atoms in total. The normalized spacial score (nSPS) is 19.1. The summed E-state index contributed by atoms with van der Waals surface area (Å²) in [4.78, 5) is 24.3. The van der Waals surface area contributed by atoms with Crippen LogP contribution in [0.5, 0.6) is 11.5 Å². The summed E-state index contributed by atoms with van der Waals surface area (Å²) >= 11 is 0. The molecule has 1 aromatic heterocycles. The number of ether oxygens (including phenoxy) is 2. The van der Waals surface area contributed by atoms with Crippen LogP contribution in [0.15, 0.2) is 24.4 Å². The van der Waals surface area contributed by atoms with Crippen LogP contribution >= 0.6 is 0 Å². The molecule has 1 amide bonds. The van der Waals surface area contributed by atoms with Crippen molar-refractivity contribution in [3.8, 4) is 11.5 Å². The summed E-state index contributed by atoms with van der Waals surface area (Å²) in [6, 6.07) is 5.52. The van der Waals surface area contributed by atoms with Crippen LogP contribution in [-0.2, 0) is 13.0 Å². The number of aromatic nitrogens is 2. The van der Waals surface area contributed by atoms with E-state index < -0.39 is 0 Å². The Morgan fingerprint density at radius 3 is 2.89 bits per heavy atom. The smallest absolute Gasteiger partial charge is 0.257 e. The molecule has 1 aromatic carbocycles. The minimum absolute atomic E-state index is 0.0526. The van der Waals surface area contributed by atoms with Gasteiger partial charge in [-0.05, 0) is 31.5 Å². The van der Waals surface area contributed by atoms with Gasteiger partial charge in [0, 0.05) is 37.3 Å². The molecule has 148 valence electrons. The molecule has 2 aliphatic heterocycles. The Balaban J connectivity index is 1.51. The van der Waals surface area contributed by atoms with E-state index in [1.165, 1.54) is 12.8 Å². The first-order valence-corrected chi connectivity index (χ1v) is 9.79. The molecule has 0 bridgehead atoms. The van der Waals surface area contributed by atoms with Gasteiger partial charge in [0.2, 0.25) is 0 Å². The third kappa shape index (κ3) is 3.67. The zero-order chi connectivity index (χ0) is 19.5. The lowest BCUT2D eigenvalue weighted by atomic mass is 10.0. The molecular formula is C21H26N4O3. The average Bonchev–Trinajstić information content (AvgIpc) is 2.78. The quantitative estimate of drug-likeness (QED) is 0.876. The Morgan fingerprint density at radius 1 is 1.25 bits per heavy atom. The van der Waals surface area contributed by atoms with Gasteiger partial charge in [0.1, 0.15) is 17.3 Å². The highest BCUT2D eigenvalue weighted by atomic mass is 16.5. The lowest BCUT2D eigenvalue weighted by Gasteiger charge is -2.29. The Labute approximate surface area is 165 Å². The fourth-order valence-corrected chi connectivity index (χ4v) is 3.89. The second-order valence-corrected chi connectivity index (χ2v) is 7.25. The lowest BCUT2D eigenvalue weighted by molar-refractivity contribution is 0.0729. The van der Waals surface area contributed by atoms with Gasteiger partial charge >= 0.3 is 0 Å². The first kappa shape index (κ1) is 18.7. The Hall–Kier alpha value is -2.67. The molecule has 0 spiro atoms. The number of hydrogen-bond acceptors (Lipinski definition) is 6. The van der Waals surface area contributed by atoms with Gasteiger partial charge in [-0.1, -0.05) is 6.42 Å². The van der Waals surface area contributed by atoms with Gasteiger partial charge in [0.15, 0.2) is 0 Å². The zero-order valence-corrected chi connectivity index (χ0v) is 16.4. The largest absolute Gasteiger partial charge is 0.497 e. The molecule has 4 rings (SSSR count). The molecule has 0 saturated carbocycles. The van der Waals surface area contributed by atoms with Crippen LogP contribution in [0.2, 0.25) is 0 Å². The van der Waals surface area contributed by atoms with Crippen molar-refractivity contribution >= 4 is 5.91 Å². The van der Waals surface area contributed by atoms with Gasteiger partial charge in [-0.3, -0.25) is 4.79 Å². The fourth-order valence-electron chi connectivity index (χ4n) is 3.89. The predicted molar refractivity (Wildman–Crippen MR) is 105 cm³/mol. The third-order valence-electron chi connectivity index (χ3n) is 5.50. The number of piperidine rings is 1. The molecule has 1 N–H and O–H groups in total. The predicted octanol–water partition coefficient (Wildman–Crippen LogP) is 2.51. The van der Waals surface area contributed by atoms with Crippen molar-refractivity contribution in [1.82, 2.24) is 20.2 Å². The zero-order valence-electron chi connectivity index (χ0n) is 16.4. The number of fused-ring (bicyclic) bond motifs is 1. The standard InChI is InChI=1S/C21H26N4O3/c1-27-15-6-7-16(19(11-15)28-2)21(26)25-10-8-17-14(13-25)12-23-20(24-17)18-5-3-4-9-22-18/h6-7,11-12,18,22H,3-5,8-10,13H2,1-2H3/t18-/m1/s1. The highest BCUT2D eigenvalue weighted by Crippen LogP contribution is 2.28. The molecule has 3 heterocycles. The van der Waals surface area contributed by atoms with Crippen LogP contribution in [-0.4, -0.2) is 48.1 Å². The fraction of sp³-hybridized carbons (Fsp3) is 0.476. The maximum atomic E-state index is 13.1. The van der Waals surface area contributed by atoms with E-state index in [1.54, 1.807) is 32.4 Å². The van der Waals surface area contributed by atoms with Crippen molar-refractivity contribution in [2.45, 2.75) is 38.3 Å². The van der Waals surface area contributed by atoms with Crippen LogP contribution in [0, 0.1) is 0 Å². The SMILES string of the molecule is COc1ccc(C(=O)N2CCc3nc([C@H]4CCCCN4)ncc3C2)c(OC)c1. The van der Waals surface area contributed by atoms with Crippen molar-refractivity contribution in [2.24, 2.45) is 0 Å². The van der Waals surface area contributed by atoms with Crippen LogP contribution in [0.1, 0.15) is 52.7 Å². The topological polar surface area (TPSA) is 76.6 Å². The molecule has 2 aliphatic rings. The number of methoxy groups -OCH3 is 2. The number of carbonyl (C=O) groups is 1. The molecule has 28 heavy (non-hydrogen) atoms. The van der Waals surface area contributed by atoms with E-state index >= 15 is 0 Å². The summed E-state index contributed by atoms with van der Waals surface area (Å²) in [7, 11) is 3.15. The Morgan fingerprint density at radius 2 is 2.14 bits per heavy atom. The molecule has 1 saturated heterocycles. The minimum atomic E-state index is -0.0526. The van der Waals surface area contributed by atoms with Gasteiger partial charge in [0.25, 0.3) is 5.91 Å². The Bertz CT molecular complexity index is 865. The van der Waals surface area contributed by atoms with E-state index in [0.717, 1.165) is 36.5 Å². The summed E-state index contributed by atoms with van der Waals surface area (Å²) < 4.78 is 10.6. The van der Waals surface area contributed by atoms with Crippen LogP contribution in [0.4, 0.5) is 0 Å². The molecule has 7 heteroatoms. The first-order valence-electron chi connectivity index (χ1n) is 9.79. The number of rotatable bonds is 4. The second-order valence-electron chi connectivity index (χ2n) is 7.25. The number of benzene rings is 1. The van der Waals surface area contributed by atoms with Gasteiger partial charge in [-0.15, -0.1) is 0 Å². The van der Waals surface area contributed by atoms with E-state index in [2.05, 4.69) is 10.3 Å².